The summed E-state index contributed by atoms with van der Waals surface area (Å²) in [6.45, 7) is 1.31. The molecule has 1 N–H and O–H groups in total. The van der Waals surface area contributed by atoms with E-state index in [1.54, 1.807) is 4.90 Å². The van der Waals surface area contributed by atoms with Gasteiger partial charge in [0.1, 0.15) is 0 Å². The van der Waals surface area contributed by atoms with Gasteiger partial charge in [-0.2, -0.15) is 0 Å². The van der Waals surface area contributed by atoms with E-state index >= 15 is 0 Å². The molecule has 2 aromatic carbocycles. The zero-order valence-electron chi connectivity index (χ0n) is 11.0. The molecular weight excluding hydrogens is 248 g/mol. The van der Waals surface area contributed by atoms with Crippen LogP contribution in [-0.4, -0.2) is 10.9 Å². The van der Waals surface area contributed by atoms with E-state index in [9.17, 15) is 4.79 Å². The molecule has 0 aliphatic carbocycles. The van der Waals surface area contributed by atoms with Crippen molar-refractivity contribution >= 4 is 11.7 Å². The highest BCUT2D eigenvalue weighted by atomic mass is 16.2. The van der Waals surface area contributed by atoms with E-state index in [1.165, 1.54) is 11.1 Å². The Hall–Kier alpha value is -2.73. The van der Waals surface area contributed by atoms with Gasteiger partial charge in [-0.25, -0.2) is 4.79 Å². The molecule has 0 bridgehead atoms. The summed E-state index contributed by atoms with van der Waals surface area (Å²) in [5.74, 6) is 2.55. The molecular formula is C17H14N2O. The predicted octanol–water partition coefficient (Wildman–Crippen LogP) is 3.22. The van der Waals surface area contributed by atoms with Gasteiger partial charge in [0.05, 0.1) is 0 Å². The third kappa shape index (κ3) is 2.36. The lowest BCUT2D eigenvalue weighted by Gasteiger charge is -2.16. The zero-order valence-corrected chi connectivity index (χ0v) is 11.0. The summed E-state index contributed by atoms with van der Waals surface area (Å²) < 4.78 is 0. The number of hydrogen-bond donors (Lipinski definition) is 1. The topological polar surface area (TPSA) is 32.3 Å². The molecule has 2 amide bonds. The number of benzene rings is 2. The average molecular weight is 262 g/mol. The highest BCUT2D eigenvalue weighted by Crippen LogP contribution is 2.23. The number of carbonyl (C=O) groups excluding carboxylic acids is 1. The minimum atomic E-state index is -0.0883. The molecule has 0 aromatic heterocycles. The van der Waals surface area contributed by atoms with Crippen molar-refractivity contribution in [3.8, 4) is 12.3 Å². The molecule has 3 heteroatoms. The molecule has 20 heavy (non-hydrogen) atoms. The Kier molecular flexibility index (Phi) is 3.14. The molecule has 0 radical (unpaired) electrons. The number of carbonyl (C=O) groups is 1. The van der Waals surface area contributed by atoms with Crippen LogP contribution >= 0.6 is 0 Å². The molecule has 1 aliphatic rings. The lowest BCUT2D eigenvalue weighted by atomic mass is 10.1. The van der Waals surface area contributed by atoms with Gasteiger partial charge in [-0.15, -0.1) is 6.42 Å². The maximum absolute atomic E-state index is 12.2. The van der Waals surface area contributed by atoms with E-state index in [0.29, 0.717) is 13.1 Å². The molecule has 0 atom stereocenters. The SMILES string of the molecule is C#Cc1ccc(NC(=O)N2Cc3ccccc3C2)cc1. The summed E-state index contributed by atoms with van der Waals surface area (Å²) in [6, 6.07) is 15.3. The molecule has 0 fully saturated rings. The lowest BCUT2D eigenvalue weighted by molar-refractivity contribution is 0.212. The quantitative estimate of drug-likeness (QED) is 0.786. The Labute approximate surface area is 118 Å². The smallest absolute Gasteiger partial charge is 0.316 e. The summed E-state index contributed by atoms with van der Waals surface area (Å²) in [5, 5.41) is 2.89. The van der Waals surface area contributed by atoms with Crippen molar-refractivity contribution < 1.29 is 4.79 Å². The predicted molar refractivity (Wildman–Crippen MR) is 79.1 cm³/mol. The molecule has 1 heterocycles. The number of urea groups is 1. The van der Waals surface area contributed by atoms with E-state index < -0.39 is 0 Å². The third-order valence-electron chi connectivity index (χ3n) is 3.43. The minimum absolute atomic E-state index is 0.0883. The molecule has 0 saturated heterocycles. The van der Waals surface area contributed by atoms with Crippen LogP contribution in [0.2, 0.25) is 0 Å². The van der Waals surface area contributed by atoms with E-state index in [2.05, 4.69) is 23.4 Å². The second-order valence-electron chi connectivity index (χ2n) is 4.78. The van der Waals surface area contributed by atoms with Crippen LogP contribution in [0, 0.1) is 12.3 Å². The normalized spacial score (nSPS) is 12.7. The number of nitrogens with one attached hydrogen (secondary N) is 1. The molecule has 0 unspecified atom stereocenters. The van der Waals surface area contributed by atoms with E-state index in [4.69, 9.17) is 6.42 Å². The lowest BCUT2D eigenvalue weighted by Crippen LogP contribution is -2.30. The van der Waals surface area contributed by atoms with Gasteiger partial charge in [-0.1, -0.05) is 30.2 Å². The Balaban J connectivity index is 1.68. The van der Waals surface area contributed by atoms with Crippen LogP contribution in [0.25, 0.3) is 0 Å². The zero-order chi connectivity index (χ0) is 13.9. The van der Waals surface area contributed by atoms with Crippen LogP contribution in [0.3, 0.4) is 0 Å². The molecule has 2 aromatic rings. The van der Waals surface area contributed by atoms with Gasteiger partial charge in [-0.3, -0.25) is 0 Å². The van der Waals surface area contributed by atoms with Crippen molar-refractivity contribution in [2.24, 2.45) is 0 Å². The van der Waals surface area contributed by atoms with Crippen LogP contribution in [0.5, 0.6) is 0 Å². The number of rotatable bonds is 1. The van der Waals surface area contributed by atoms with Crippen molar-refractivity contribution in [3.63, 3.8) is 0 Å². The van der Waals surface area contributed by atoms with Gasteiger partial charge < -0.3 is 10.2 Å². The summed E-state index contributed by atoms with van der Waals surface area (Å²) in [4.78, 5) is 14.0. The minimum Gasteiger partial charge on any atom is -0.316 e. The third-order valence-corrected chi connectivity index (χ3v) is 3.43. The van der Waals surface area contributed by atoms with Crippen LogP contribution < -0.4 is 5.32 Å². The number of terminal acetylenes is 1. The van der Waals surface area contributed by atoms with Crippen molar-refractivity contribution in [1.29, 1.82) is 0 Å². The highest BCUT2D eigenvalue weighted by molar-refractivity contribution is 5.89. The standard InChI is InChI=1S/C17H14N2O/c1-2-13-7-9-16(10-8-13)18-17(20)19-11-14-5-3-4-6-15(14)12-19/h1,3-10H,11-12H2,(H,18,20). The first kappa shape index (κ1) is 12.3. The second kappa shape index (κ2) is 5.10. The molecule has 0 saturated carbocycles. The van der Waals surface area contributed by atoms with Gasteiger partial charge in [0, 0.05) is 24.3 Å². The average Bonchev–Trinajstić information content (AvgIpc) is 2.92. The fourth-order valence-corrected chi connectivity index (χ4v) is 2.33. The van der Waals surface area contributed by atoms with Crippen LogP contribution in [0.4, 0.5) is 10.5 Å². The highest BCUT2D eigenvalue weighted by Gasteiger charge is 2.22. The van der Waals surface area contributed by atoms with Crippen LogP contribution in [0.1, 0.15) is 16.7 Å². The molecule has 3 nitrogen and oxygen atoms in total. The number of fused-ring (bicyclic) bond motifs is 1. The van der Waals surface area contributed by atoms with E-state index in [-0.39, 0.29) is 6.03 Å². The van der Waals surface area contributed by atoms with Crippen molar-refractivity contribution in [1.82, 2.24) is 4.90 Å². The van der Waals surface area contributed by atoms with E-state index in [1.807, 2.05) is 36.4 Å². The first-order chi connectivity index (χ1) is 9.76. The van der Waals surface area contributed by atoms with E-state index in [0.717, 1.165) is 11.3 Å². The Morgan fingerprint density at radius 3 is 2.20 bits per heavy atom. The Morgan fingerprint density at radius 1 is 1.05 bits per heavy atom. The summed E-state index contributed by atoms with van der Waals surface area (Å²) in [6.07, 6.45) is 5.30. The van der Waals surface area contributed by atoms with Crippen molar-refractivity contribution in [3.05, 3.63) is 65.2 Å². The maximum atomic E-state index is 12.2. The van der Waals surface area contributed by atoms with Crippen LogP contribution in [-0.2, 0) is 13.1 Å². The summed E-state index contributed by atoms with van der Waals surface area (Å²) in [5.41, 5.74) is 3.98. The Bertz CT molecular complexity index is 658. The van der Waals surface area contributed by atoms with Crippen LogP contribution in [0.15, 0.2) is 48.5 Å². The van der Waals surface area contributed by atoms with Crippen molar-refractivity contribution in [2.75, 3.05) is 5.32 Å². The van der Waals surface area contributed by atoms with Gasteiger partial charge in [0.25, 0.3) is 0 Å². The van der Waals surface area contributed by atoms with Gasteiger partial charge in [-0.05, 0) is 35.4 Å². The fourth-order valence-electron chi connectivity index (χ4n) is 2.33. The van der Waals surface area contributed by atoms with Gasteiger partial charge in [0.2, 0.25) is 0 Å². The van der Waals surface area contributed by atoms with Crippen molar-refractivity contribution in [2.45, 2.75) is 13.1 Å². The summed E-state index contributed by atoms with van der Waals surface area (Å²) in [7, 11) is 0. The fraction of sp³-hybridized carbons (Fsp3) is 0.118. The molecule has 0 spiro atoms. The van der Waals surface area contributed by atoms with Gasteiger partial charge >= 0.3 is 6.03 Å². The number of amides is 2. The van der Waals surface area contributed by atoms with Gasteiger partial charge in [0.15, 0.2) is 0 Å². The molecule has 1 aliphatic heterocycles. The molecule has 3 rings (SSSR count). The maximum Gasteiger partial charge on any atom is 0.322 e. The number of anilines is 1. The molecule has 98 valence electrons. The first-order valence-corrected chi connectivity index (χ1v) is 6.45. The number of nitrogens with zero attached hydrogens (tertiary/aromatic N) is 1. The monoisotopic (exact) mass is 262 g/mol. The first-order valence-electron chi connectivity index (χ1n) is 6.45. The Morgan fingerprint density at radius 2 is 1.65 bits per heavy atom. The largest absolute Gasteiger partial charge is 0.322 e. The number of hydrogen-bond acceptors (Lipinski definition) is 1. The summed E-state index contributed by atoms with van der Waals surface area (Å²) >= 11 is 0. The second-order valence-corrected chi connectivity index (χ2v) is 4.78.